The lowest BCUT2D eigenvalue weighted by Gasteiger charge is -2.30. The van der Waals surface area contributed by atoms with Gasteiger partial charge in [0, 0.05) is 25.2 Å². The van der Waals surface area contributed by atoms with E-state index in [1.54, 1.807) is 0 Å². The number of benzene rings is 2. The standard InChI is InChI=1S/C25H28N4O3S/c1-2-32-24(31)20-13-15-28(16-14-20)23(30)18-33-25-27-26-22(17-19-9-5-3-6-10-19)29(25)21-11-7-4-8-12-21/h3-12,20H,2,13-18H2,1H3. The molecular weight excluding hydrogens is 436 g/mol. The van der Waals surface area contributed by atoms with E-state index in [0.29, 0.717) is 44.1 Å². The van der Waals surface area contributed by atoms with Crippen molar-refractivity contribution in [3.05, 3.63) is 72.1 Å². The maximum atomic E-state index is 12.9. The number of nitrogens with zero attached hydrogens (tertiary/aromatic N) is 4. The van der Waals surface area contributed by atoms with Crippen LogP contribution >= 0.6 is 11.8 Å². The Morgan fingerprint density at radius 3 is 2.33 bits per heavy atom. The minimum absolute atomic E-state index is 0.0505. The zero-order chi connectivity index (χ0) is 23.0. The third-order valence-corrected chi connectivity index (χ3v) is 6.63. The number of esters is 1. The van der Waals surface area contributed by atoms with Gasteiger partial charge in [-0.2, -0.15) is 0 Å². The highest BCUT2D eigenvalue weighted by Gasteiger charge is 2.28. The number of carbonyl (C=O) groups excluding carboxylic acids is 2. The number of likely N-dealkylation sites (tertiary alicyclic amines) is 1. The van der Waals surface area contributed by atoms with Crippen LogP contribution in [0, 0.1) is 5.92 Å². The number of para-hydroxylation sites is 1. The molecule has 1 aliphatic heterocycles. The Hall–Kier alpha value is -3.13. The number of carbonyl (C=O) groups is 2. The number of hydrogen-bond acceptors (Lipinski definition) is 6. The first-order valence-electron chi connectivity index (χ1n) is 11.3. The maximum absolute atomic E-state index is 12.9. The molecule has 1 amide bonds. The van der Waals surface area contributed by atoms with Crippen molar-refractivity contribution in [2.75, 3.05) is 25.4 Å². The molecule has 172 valence electrons. The van der Waals surface area contributed by atoms with E-state index in [0.717, 1.165) is 17.1 Å². The summed E-state index contributed by atoms with van der Waals surface area (Å²) in [7, 11) is 0. The van der Waals surface area contributed by atoms with Gasteiger partial charge in [-0.3, -0.25) is 14.2 Å². The number of hydrogen-bond donors (Lipinski definition) is 0. The van der Waals surface area contributed by atoms with E-state index < -0.39 is 0 Å². The van der Waals surface area contributed by atoms with Gasteiger partial charge in [-0.15, -0.1) is 10.2 Å². The number of ether oxygens (including phenoxy) is 1. The van der Waals surface area contributed by atoms with Gasteiger partial charge in [0.1, 0.15) is 5.82 Å². The number of thioether (sulfide) groups is 1. The second-order valence-corrected chi connectivity index (χ2v) is 8.87. The fourth-order valence-electron chi connectivity index (χ4n) is 3.97. The lowest BCUT2D eigenvalue weighted by molar-refractivity contribution is -0.151. The van der Waals surface area contributed by atoms with Crippen molar-refractivity contribution >= 4 is 23.6 Å². The first-order valence-corrected chi connectivity index (χ1v) is 12.2. The molecule has 0 atom stereocenters. The van der Waals surface area contributed by atoms with E-state index in [2.05, 4.69) is 22.3 Å². The Morgan fingerprint density at radius 1 is 1.00 bits per heavy atom. The zero-order valence-electron chi connectivity index (χ0n) is 18.7. The Balaban J connectivity index is 1.43. The SMILES string of the molecule is CCOC(=O)C1CCN(C(=O)CSc2nnc(Cc3ccccc3)n2-c2ccccc2)CC1. The highest BCUT2D eigenvalue weighted by atomic mass is 32.2. The van der Waals surface area contributed by atoms with Crippen LogP contribution < -0.4 is 0 Å². The third-order valence-electron chi connectivity index (χ3n) is 5.71. The molecule has 0 saturated carbocycles. The fraction of sp³-hybridized carbons (Fsp3) is 0.360. The molecule has 2 heterocycles. The summed E-state index contributed by atoms with van der Waals surface area (Å²) in [6.07, 6.45) is 1.95. The largest absolute Gasteiger partial charge is 0.466 e. The normalized spacial score (nSPS) is 14.3. The smallest absolute Gasteiger partial charge is 0.309 e. The van der Waals surface area contributed by atoms with Crippen LogP contribution in [-0.2, 0) is 20.7 Å². The van der Waals surface area contributed by atoms with Crippen molar-refractivity contribution in [3.63, 3.8) is 0 Å². The van der Waals surface area contributed by atoms with E-state index in [9.17, 15) is 9.59 Å². The predicted octanol–water partition coefficient (Wildman–Crippen LogP) is 3.75. The molecule has 2 aromatic carbocycles. The summed E-state index contributed by atoms with van der Waals surface area (Å²) in [6, 6.07) is 20.1. The molecule has 1 fully saturated rings. The summed E-state index contributed by atoms with van der Waals surface area (Å²) in [6.45, 7) is 3.36. The number of piperidine rings is 1. The van der Waals surface area contributed by atoms with E-state index in [-0.39, 0.29) is 23.5 Å². The average Bonchev–Trinajstić information content (AvgIpc) is 3.26. The van der Waals surface area contributed by atoms with Gasteiger partial charge in [0.05, 0.1) is 18.3 Å². The predicted molar refractivity (Wildman–Crippen MR) is 127 cm³/mol. The van der Waals surface area contributed by atoms with Crippen LogP contribution in [0.15, 0.2) is 65.8 Å². The van der Waals surface area contributed by atoms with Gasteiger partial charge in [-0.1, -0.05) is 60.3 Å². The number of amides is 1. The summed E-state index contributed by atoms with van der Waals surface area (Å²) in [5, 5.41) is 9.54. The molecule has 1 aromatic heterocycles. The summed E-state index contributed by atoms with van der Waals surface area (Å²) in [5.74, 6) is 0.900. The fourth-order valence-corrected chi connectivity index (χ4v) is 4.84. The van der Waals surface area contributed by atoms with Gasteiger partial charge >= 0.3 is 5.97 Å². The van der Waals surface area contributed by atoms with Crippen molar-refractivity contribution in [3.8, 4) is 5.69 Å². The molecule has 1 saturated heterocycles. The van der Waals surface area contributed by atoms with Gasteiger partial charge in [-0.25, -0.2) is 0 Å². The Kier molecular flexibility index (Phi) is 7.78. The van der Waals surface area contributed by atoms with Gasteiger partial charge in [0.2, 0.25) is 5.91 Å². The molecule has 0 unspecified atom stereocenters. The van der Waals surface area contributed by atoms with Crippen LogP contribution in [0.3, 0.4) is 0 Å². The monoisotopic (exact) mass is 464 g/mol. The molecule has 7 nitrogen and oxygen atoms in total. The quantitative estimate of drug-likeness (QED) is 0.373. The first kappa shape index (κ1) is 23.0. The highest BCUT2D eigenvalue weighted by Crippen LogP contribution is 2.25. The van der Waals surface area contributed by atoms with Crippen LogP contribution in [0.2, 0.25) is 0 Å². The zero-order valence-corrected chi connectivity index (χ0v) is 19.5. The van der Waals surface area contributed by atoms with Gasteiger partial charge < -0.3 is 9.64 Å². The molecule has 1 aliphatic rings. The number of rotatable bonds is 8. The van der Waals surface area contributed by atoms with Crippen molar-refractivity contribution in [2.45, 2.75) is 31.3 Å². The highest BCUT2D eigenvalue weighted by molar-refractivity contribution is 7.99. The molecule has 0 N–H and O–H groups in total. The van der Waals surface area contributed by atoms with E-state index in [4.69, 9.17) is 4.74 Å². The maximum Gasteiger partial charge on any atom is 0.309 e. The van der Waals surface area contributed by atoms with Gasteiger partial charge in [0.15, 0.2) is 5.16 Å². The molecular formula is C25H28N4O3S. The molecule has 0 spiro atoms. The second-order valence-electron chi connectivity index (χ2n) is 7.93. The van der Waals surface area contributed by atoms with Crippen molar-refractivity contribution < 1.29 is 14.3 Å². The Labute approximate surface area is 198 Å². The van der Waals surface area contributed by atoms with Crippen LogP contribution in [0.5, 0.6) is 0 Å². The van der Waals surface area contributed by atoms with Crippen LogP contribution in [0.25, 0.3) is 5.69 Å². The Morgan fingerprint density at radius 2 is 1.67 bits per heavy atom. The molecule has 0 bridgehead atoms. The minimum Gasteiger partial charge on any atom is -0.466 e. The lowest BCUT2D eigenvalue weighted by atomic mass is 9.97. The number of aromatic nitrogens is 3. The van der Waals surface area contributed by atoms with E-state index in [1.807, 2.05) is 64.9 Å². The summed E-state index contributed by atoms with van der Waals surface area (Å²) in [4.78, 5) is 26.6. The lowest BCUT2D eigenvalue weighted by Crippen LogP contribution is -2.41. The van der Waals surface area contributed by atoms with Crippen LogP contribution in [0.1, 0.15) is 31.2 Å². The van der Waals surface area contributed by atoms with Crippen molar-refractivity contribution in [2.24, 2.45) is 5.92 Å². The van der Waals surface area contributed by atoms with Gasteiger partial charge in [-0.05, 0) is 37.5 Å². The summed E-state index contributed by atoms with van der Waals surface area (Å²) in [5.41, 5.74) is 2.12. The van der Waals surface area contributed by atoms with Gasteiger partial charge in [0.25, 0.3) is 0 Å². The average molecular weight is 465 g/mol. The van der Waals surface area contributed by atoms with Crippen molar-refractivity contribution in [1.29, 1.82) is 0 Å². The van der Waals surface area contributed by atoms with Crippen molar-refractivity contribution in [1.82, 2.24) is 19.7 Å². The Bertz CT molecular complexity index is 1060. The molecule has 33 heavy (non-hydrogen) atoms. The first-order chi connectivity index (χ1) is 16.2. The topological polar surface area (TPSA) is 77.3 Å². The molecule has 0 radical (unpaired) electrons. The van der Waals surface area contributed by atoms with Crippen LogP contribution in [-0.4, -0.2) is 57.0 Å². The van der Waals surface area contributed by atoms with Crippen LogP contribution in [0.4, 0.5) is 0 Å². The van der Waals surface area contributed by atoms with E-state index in [1.165, 1.54) is 11.8 Å². The molecule has 8 heteroatoms. The second kappa shape index (κ2) is 11.1. The third kappa shape index (κ3) is 5.82. The summed E-state index contributed by atoms with van der Waals surface area (Å²) >= 11 is 1.40. The molecule has 4 rings (SSSR count). The molecule has 3 aromatic rings. The summed E-state index contributed by atoms with van der Waals surface area (Å²) < 4.78 is 7.14. The minimum atomic E-state index is -0.152. The van der Waals surface area contributed by atoms with E-state index >= 15 is 0 Å². The molecule has 0 aliphatic carbocycles.